The van der Waals surface area contributed by atoms with E-state index in [1.807, 2.05) is 13.0 Å². The van der Waals surface area contributed by atoms with E-state index in [-0.39, 0.29) is 18.0 Å². The third kappa shape index (κ3) is 12.9. The summed E-state index contributed by atoms with van der Waals surface area (Å²) in [6.07, 6.45) is 10.9. The monoisotopic (exact) mass is 270 g/mol. The van der Waals surface area contributed by atoms with Gasteiger partial charge in [0.1, 0.15) is 0 Å². The quantitative estimate of drug-likeness (QED) is 0.347. The van der Waals surface area contributed by atoms with E-state index in [1.165, 1.54) is 26.5 Å². The number of allylic oxidation sites excluding steroid dienone is 1. The average molecular weight is 270 g/mol. The highest BCUT2D eigenvalue weighted by atomic mass is 16.5. The topological polar surface area (TPSA) is 52.6 Å². The van der Waals surface area contributed by atoms with E-state index in [0.717, 1.165) is 38.5 Å². The van der Waals surface area contributed by atoms with Gasteiger partial charge in [0, 0.05) is 13.0 Å². The minimum atomic E-state index is -0.292. The smallest absolute Gasteiger partial charge is 0.330 e. The van der Waals surface area contributed by atoms with Crippen molar-refractivity contribution < 1.29 is 19.1 Å². The molecule has 0 amide bonds. The summed E-state index contributed by atoms with van der Waals surface area (Å²) < 4.78 is 9.55. The summed E-state index contributed by atoms with van der Waals surface area (Å²) in [5, 5.41) is 0. The number of methoxy groups -OCH3 is 1. The van der Waals surface area contributed by atoms with Crippen LogP contribution in [0, 0.1) is 0 Å². The van der Waals surface area contributed by atoms with Crippen LogP contribution in [0.25, 0.3) is 0 Å². The number of hydrogen-bond acceptors (Lipinski definition) is 4. The van der Waals surface area contributed by atoms with Gasteiger partial charge in [-0.25, -0.2) is 4.79 Å². The molecule has 0 spiro atoms. The largest absolute Gasteiger partial charge is 0.466 e. The Labute approximate surface area is 116 Å². The zero-order chi connectivity index (χ0) is 14.5. The van der Waals surface area contributed by atoms with E-state index in [0.29, 0.717) is 0 Å². The molecule has 4 heteroatoms. The Hall–Kier alpha value is -1.32. The van der Waals surface area contributed by atoms with Gasteiger partial charge in [-0.15, -0.1) is 0 Å². The van der Waals surface area contributed by atoms with Gasteiger partial charge >= 0.3 is 11.9 Å². The molecule has 0 aromatic carbocycles. The third-order valence-electron chi connectivity index (χ3n) is 2.80. The highest BCUT2D eigenvalue weighted by Gasteiger charge is 2.04. The van der Waals surface area contributed by atoms with Crippen molar-refractivity contribution in [3.8, 4) is 0 Å². The molecule has 0 radical (unpaired) electrons. The minimum Gasteiger partial charge on any atom is -0.466 e. The molecule has 0 aliphatic heterocycles. The van der Waals surface area contributed by atoms with Gasteiger partial charge in [-0.2, -0.15) is 0 Å². The summed E-state index contributed by atoms with van der Waals surface area (Å²) >= 11 is 0. The predicted molar refractivity (Wildman–Crippen MR) is 74.7 cm³/mol. The fourth-order valence-electron chi connectivity index (χ4n) is 1.81. The normalized spacial score (nSPS) is 12.4. The first kappa shape index (κ1) is 17.7. The van der Waals surface area contributed by atoms with Crippen LogP contribution in [-0.2, 0) is 19.1 Å². The highest BCUT2D eigenvalue weighted by Crippen LogP contribution is 2.10. The molecule has 0 aliphatic rings. The average Bonchev–Trinajstić information content (AvgIpc) is 2.35. The Morgan fingerprint density at radius 1 is 1.11 bits per heavy atom. The fourth-order valence-corrected chi connectivity index (χ4v) is 1.81. The van der Waals surface area contributed by atoms with Crippen molar-refractivity contribution in [2.24, 2.45) is 0 Å². The summed E-state index contributed by atoms with van der Waals surface area (Å²) in [6.45, 7) is 3.37. The molecular weight excluding hydrogens is 244 g/mol. The molecule has 0 N–H and O–H groups in total. The van der Waals surface area contributed by atoms with Crippen LogP contribution in [0.5, 0.6) is 0 Å². The molecule has 0 aliphatic carbocycles. The van der Waals surface area contributed by atoms with Gasteiger partial charge in [-0.3, -0.25) is 4.79 Å². The van der Waals surface area contributed by atoms with E-state index < -0.39 is 0 Å². The van der Waals surface area contributed by atoms with Crippen molar-refractivity contribution in [1.82, 2.24) is 0 Å². The van der Waals surface area contributed by atoms with Crippen LogP contribution >= 0.6 is 0 Å². The summed E-state index contributed by atoms with van der Waals surface area (Å²) in [5.74, 6) is -0.496. The molecule has 0 heterocycles. The minimum absolute atomic E-state index is 0.0282. The summed E-state index contributed by atoms with van der Waals surface area (Å²) in [5.41, 5.74) is 0. The molecule has 4 nitrogen and oxygen atoms in total. The highest BCUT2D eigenvalue weighted by molar-refractivity contribution is 5.81. The number of carbonyl (C=O) groups excluding carboxylic acids is 2. The van der Waals surface area contributed by atoms with E-state index >= 15 is 0 Å². The van der Waals surface area contributed by atoms with Gasteiger partial charge in [0.15, 0.2) is 0 Å². The van der Waals surface area contributed by atoms with E-state index in [1.54, 1.807) is 0 Å². The number of carbonyl (C=O) groups is 2. The van der Waals surface area contributed by atoms with Crippen molar-refractivity contribution in [3.63, 3.8) is 0 Å². The lowest BCUT2D eigenvalue weighted by atomic mass is 10.1. The molecule has 19 heavy (non-hydrogen) atoms. The standard InChI is InChI=1S/C15H26O4/c1-13(19-14(2)16)11-9-7-5-4-6-8-10-12-15(17)18-3/h10,12-13H,4-9,11H2,1-3H3/b12-10+/t13-/m1/s1. The molecule has 0 bridgehead atoms. The van der Waals surface area contributed by atoms with Crippen LogP contribution < -0.4 is 0 Å². The first-order valence-corrected chi connectivity index (χ1v) is 6.98. The molecule has 1 atom stereocenters. The third-order valence-corrected chi connectivity index (χ3v) is 2.80. The van der Waals surface area contributed by atoms with Crippen molar-refractivity contribution in [3.05, 3.63) is 12.2 Å². The molecule has 0 saturated heterocycles. The maximum Gasteiger partial charge on any atom is 0.330 e. The van der Waals surface area contributed by atoms with Gasteiger partial charge in [0.2, 0.25) is 0 Å². The summed E-state index contributed by atoms with van der Waals surface area (Å²) in [6, 6.07) is 0. The van der Waals surface area contributed by atoms with Gasteiger partial charge in [0.25, 0.3) is 0 Å². The second-order valence-corrected chi connectivity index (χ2v) is 4.69. The Balaban J connectivity index is 3.30. The molecule has 110 valence electrons. The fraction of sp³-hybridized carbons (Fsp3) is 0.733. The lowest BCUT2D eigenvalue weighted by Crippen LogP contribution is -2.11. The zero-order valence-corrected chi connectivity index (χ0v) is 12.3. The van der Waals surface area contributed by atoms with Crippen molar-refractivity contribution >= 4 is 11.9 Å². The number of unbranched alkanes of at least 4 members (excludes halogenated alkanes) is 5. The van der Waals surface area contributed by atoms with Crippen molar-refractivity contribution in [1.29, 1.82) is 0 Å². The van der Waals surface area contributed by atoms with E-state index in [2.05, 4.69) is 4.74 Å². The van der Waals surface area contributed by atoms with Gasteiger partial charge in [-0.05, 0) is 32.6 Å². The van der Waals surface area contributed by atoms with E-state index in [4.69, 9.17) is 4.74 Å². The van der Waals surface area contributed by atoms with Crippen LogP contribution in [-0.4, -0.2) is 25.2 Å². The van der Waals surface area contributed by atoms with Crippen molar-refractivity contribution in [2.75, 3.05) is 7.11 Å². The number of rotatable bonds is 10. The lowest BCUT2D eigenvalue weighted by molar-refractivity contribution is -0.145. The number of hydrogen-bond donors (Lipinski definition) is 0. The Kier molecular flexibility index (Phi) is 10.9. The lowest BCUT2D eigenvalue weighted by Gasteiger charge is -2.10. The Morgan fingerprint density at radius 2 is 1.74 bits per heavy atom. The second-order valence-electron chi connectivity index (χ2n) is 4.69. The van der Waals surface area contributed by atoms with Gasteiger partial charge < -0.3 is 9.47 Å². The molecule has 0 unspecified atom stereocenters. The first-order valence-electron chi connectivity index (χ1n) is 6.98. The number of ether oxygens (including phenoxy) is 2. The molecule has 0 fully saturated rings. The van der Waals surface area contributed by atoms with Crippen LogP contribution in [0.4, 0.5) is 0 Å². The van der Waals surface area contributed by atoms with Gasteiger partial charge in [-0.1, -0.05) is 25.3 Å². The maximum atomic E-state index is 10.8. The van der Waals surface area contributed by atoms with E-state index in [9.17, 15) is 9.59 Å². The second kappa shape index (κ2) is 11.8. The van der Waals surface area contributed by atoms with Crippen molar-refractivity contribution in [2.45, 2.75) is 64.9 Å². The maximum absolute atomic E-state index is 10.8. The van der Waals surface area contributed by atoms with Crippen LogP contribution in [0.3, 0.4) is 0 Å². The molecular formula is C15H26O4. The van der Waals surface area contributed by atoms with Crippen LogP contribution in [0.1, 0.15) is 58.8 Å². The SMILES string of the molecule is COC(=O)/C=C/CCCCCCC[C@@H](C)OC(C)=O. The molecule has 0 rings (SSSR count). The van der Waals surface area contributed by atoms with Crippen LogP contribution in [0.2, 0.25) is 0 Å². The predicted octanol–water partition coefficient (Wildman–Crippen LogP) is 3.40. The van der Waals surface area contributed by atoms with Crippen LogP contribution in [0.15, 0.2) is 12.2 Å². The summed E-state index contributed by atoms with van der Waals surface area (Å²) in [7, 11) is 1.38. The Morgan fingerprint density at radius 3 is 2.37 bits per heavy atom. The molecule has 0 aromatic heterocycles. The first-order chi connectivity index (χ1) is 9.06. The zero-order valence-electron chi connectivity index (χ0n) is 12.3. The summed E-state index contributed by atoms with van der Waals surface area (Å²) in [4.78, 5) is 21.5. The molecule has 0 aromatic rings. The Bertz CT molecular complexity index is 284. The molecule has 0 saturated carbocycles. The van der Waals surface area contributed by atoms with Gasteiger partial charge in [0.05, 0.1) is 13.2 Å². The number of esters is 2.